The van der Waals surface area contributed by atoms with E-state index >= 15 is 0 Å². The first kappa shape index (κ1) is 12.9. The number of nitrogens with one attached hydrogen (secondary N) is 1. The molecular formula is C12H27N3. The van der Waals surface area contributed by atoms with Gasteiger partial charge in [0.05, 0.1) is 0 Å². The van der Waals surface area contributed by atoms with Crippen LogP contribution in [0.3, 0.4) is 0 Å². The molecule has 0 atom stereocenters. The Hall–Kier alpha value is -0.120. The van der Waals surface area contributed by atoms with Crippen molar-refractivity contribution in [1.82, 2.24) is 10.2 Å². The molecule has 0 bridgehead atoms. The summed E-state index contributed by atoms with van der Waals surface area (Å²) < 4.78 is 0. The summed E-state index contributed by atoms with van der Waals surface area (Å²) in [5.41, 5.74) is 5.88. The number of nitrogens with zero attached hydrogens (tertiary/aromatic N) is 1. The summed E-state index contributed by atoms with van der Waals surface area (Å²) in [5, 5.41) is 3.56. The predicted octanol–water partition coefficient (Wildman–Crippen LogP) is 1.05. The highest BCUT2D eigenvalue weighted by molar-refractivity contribution is 4.75. The van der Waals surface area contributed by atoms with Crippen LogP contribution in [-0.4, -0.2) is 44.7 Å². The van der Waals surface area contributed by atoms with E-state index in [1.54, 1.807) is 0 Å². The molecule has 0 spiro atoms. The molecule has 1 fully saturated rings. The molecule has 90 valence electrons. The Balaban J connectivity index is 1.91. The minimum atomic E-state index is 0.481. The van der Waals surface area contributed by atoms with E-state index in [4.69, 9.17) is 5.73 Å². The molecule has 0 saturated heterocycles. The highest BCUT2D eigenvalue weighted by Crippen LogP contribution is 2.22. The van der Waals surface area contributed by atoms with Gasteiger partial charge in [-0.25, -0.2) is 0 Å². The fourth-order valence-corrected chi connectivity index (χ4v) is 2.22. The second-order valence-electron chi connectivity index (χ2n) is 5.14. The van der Waals surface area contributed by atoms with Crippen LogP contribution in [0.15, 0.2) is 0 Å². The summed E-state index contributed by atoms with van der Waals surface area (Å²) in [4.78, 5) is 2.24. The van der Waals surface area contributed by atoms with Crippen molar-refractivity contribution in [3.05, 3.63) is 0 Å². The van der Waals surface area contributed by atoms with Crippen molar-refractivity contribution in [3.63, 3.8) is 0 Å². The van der Waals surface area contributed by atoms with E-state index in [9.17, 15) is 0 Å². The molecule has 3 heteroatoms. The van der Waals surface area contributed by atoms with Gasteiger partial charge in [0, 0.05) is 6.04 Å². The number of nitrogens with two attached hydrogens (primary N) is 1. The van der Waals surface area contributed by atoms with Gasteiger partial charge in [-0.1, -0.05) is 0 Å². The van der Waals surface area contributed by atoms with Crippen LogP contribution in [-0.2, 0) is 0 Å². The van der Waals surface area contributed by atoms with Gasteiger partial charge in [-0.05, 0) is 71.8 Å². The second kappa shape index (κ2) is 7.20. The van der Waals surface area contributed by atoms with E-state index in [1.165, 1.54) is 45.2 Å². The number of hydrogen-bond donors (Lipinski definition) is 2. The molecule has 0 aliphatic heterocycles. The quantitative estimate of drug-likeness (QED) is 0.648. The Morgan fingerprint density at radius 3 is 2.47 bits per heavy atom. The lowest BCUT2D eigenvalue weighted by Crippen LogP contribution is -2.32. The van der Waals surface area contributed by atoms with E-state index in [1.807, 2.05) is 0 Å². The number of rotatable bonds is 6. The number of hydrogen-bond acceptors (Lipinski definition) is 3. The van der Waals surface area contributed by atoms with E-state index in [-0.39, 0.29) is 0 Å². The average Bonchev–Trinajstić information content (AvgIpc) is 2.20. The SMILES string of the molecule is CN(C)CCCNCC1CCC(N)CC1. The van der Waals surface area contributed by atoms with Crippen LogP contribution in [0.5, 0.6) is 0 Å². The van der Waals surface area contributed by atoms with Crippen molar-refractivity contribution in [1.29, 1.82) is 0 Å². The fraction of sp³-hybridized carbons (Fsp3) is 1.00. The summed E-state index contributed by atoms with van der Waals surface area (Å²) in [7, 11) is 4.26. The molecule has 1 aliphatic rings. The Bertz CT molecular complexity index is 151. The lowest BCUT2D eigenvalue weighted by molar-refractivity contribution is 0.311. The van der Waals surface area contributed by atoms with Crippen LogP contribution >= 0.6 is 0 Å². The normalized spacial score (nSPS) is 27.2. The van der Waals surface area contributed by atoms with Gasteiger partial charge < -0.3 is 16.0 Å². The molecular weight excluding hydrogens is 186 g/mol. The van der Waals surface area contributed by atoms with Crippen molar-refractivity contribution < 1.29 is 0 Å². The van der Waals surface area contributed by atoms with Gasteiger partial charge in [-0.3, -0.25) is 0 Å². The lowest BCUT2D eigenvalue weighted by Gasteiger charge is -2.26. The Kier molecular flexibility index (Phi) is 6.22. The minimum Gasteiger partial charge on any atom is -0.328 e. The molecule has 0 heterocycles. The van der Waals surface area contributed by atoms with E-state index in [0.29, 0.717) is 6.04 Å². The molecule has 3 nitrogen and oxygen atoms in total. The first-order valence-corrected chi connectivity index (χ1v) is 6.29. The molecule has 0 aromatic heterocycles. The summed E-state index contributed by atoms with van der Waals surface area (Å²) in [6.45, 7) is 3.53. The highest BCUT2D eigenvalue weighted by Gasteiger charge is 2.17. The van der Waals surface area contributed by atoms with Gasteiger partial charge in [0.1, 0.15) is 0 Å². The molecule has 15 heavy (non-hydrogen) atoms. The van der Waals surface area contributed by atoms with Gasteiger partial charge in [-0.15, -0.1) is 0 Å². The van der Waals surface area contributed by atoms with Gasteiger partial charge in [0.2, 0.25) is 0 Å². The zero-order chi connectivity index (χ0) is 11.1. The maximum Gasteiger partial charge on any atom is 0.00390 e. The molecule has 3 N–H and O–H groups in total. The van der Waals surface area contributed by atoms with Crippen LogP contribution in [0.2, 0.25) is 0 Å². The Morgan fingerprint density at radius 1 is 1.20 bits per heavy atom. The second-order valence-corrected chi connectivity index (χ2v) is 5.14. The lowest BCUT2D eigenvalue weighted by atomic mass is 9.86. The molecule has 0 aromatic rings. The highest BCUT2D eigenvalue weighted by atomic mass is 15.1. The largest absolute Gasteiger partial charge is 0.328 e. The van der Waals surface area contributed by atoms with Crippen molar-refractivity contribution >= 4 is 0 Å². The fourth-order valence-electron chi connectivity index (χ4n) is 2.22. The van der Waals surface area contributed by atoms with Crippen LogP contribution in [0, 0.1) is 5.92 Å². The topological polar surface area (TPSA) is 41.3 Å². The molecule has 1 saturated carbocycles. The third-order valence-electron chi connectivity index (χ3n) is 3.28. The minimum absolute atomic E-state index is 0.481. The zero-order valence-corrected chi connectivity index (χ0v) is 10.3. The van der Waals surface area contributed by atoms with Gasteiger partial charge in [0.15, 0.2) is 0 Å². The smallest absolute Gasteiger partial charge is 0.00390 e. The standard InChI is InChI=1S/C12H27N3/c1-15(2)9-3-8-14-10-11-4-6-12(13)7-5-11/h11-12,14H,3-10,13H2,1-2H3. The van der Waals surface area contributed by atoms with Crippen molar-refractivity contribution in [3.8, 4) is 0 Å². The summed E-state index contributed by atoms with van der Waals surface area (Å²) in [6, 6.07) is 0.481. The van der Waals surface area contributed by atoms with Crippen LogP contribution in [0.1, 0.15) is 32.1 Å². The van der Waals surface area contributed by atoms with Crippen molar-refractivity contribution in [2.24, 2.45) is 11.7 Å². The molecule has 1 aliphatic carbocycles. The average molecular weight is 213 g/mol. The van der Waals surface area contributed by atoms with Crippen molar-refractivity contribution in [2.45, 2.75) is 38.1 Å². The van der Waals surface area contributed by atoms with Crippen LogP contribution in [0.4, 0.5) is 0 Å². The maximum absolute atomic E-state index is 5.88. The van der Waals surface area contributed by atoms with E-state index in [2.05, 4.69) is 24.3 Å². The third kappa shape index (κ3) is 6.13. The van der Waals surface area contributed by atoms with Crippen molar-refractivity contribution in [2.75, 3.05) is 33.7 Å². The van der Waals surface area contributed by atoms with Crippen LogP contribution in [0.25, 0.3) is 0 Å². The van der Waals surface area contributed by atoms with Crippen LogP contribution < -0.4 is 11.1 Å². The zero-order valence-electron chi connectivity index (χ0n) is 10.3. The third-order valence-corrected chi connectivity index (χ3v) is 3.28. The molecule has 0 aromatic carbocycles. The predicted molar refractivity (Wildman–Crippen MR) is 66.0 cm³/mol. The van der Waals surface area contributed by atoms with Gasteiger partial charge in [0.25, 0.3) is 0 Å². The van der Waals surface area contributed by atoms with Gasteiger partial charge in [-0.2, -0.15) is 0 Å². The summed E-state index contributed by atoms with van der Waals surface area (Å²) >= 11 is 0. The molecule has 0 amide bonds. The van der Waals surface area contributed by atoms with E-state index in [0.717, 1.165) is 12.5 Å². The van der Waals surface area contributed by atoms with Gasteiger partial charge >= 0.3 is 0 Å². The monoisotopic (exact) mass is 213 g/mol. The maximum atomic E-state index is 5.88. The first-order valence-electron chi connectivity index (χ1n) is 6.29. The summed E-state index contributed by atoms with van der Waals surface area (Å²) in [6.07, 6.45) is 6.34. The molecule has 1 rings (SSSR count). The Labute approximate surface area is 94.4 Å². The summed E-state index contributed by atoms with van der Waals surface area (Å²) in [5.74, 6) is 0.879. The molecule has 0 radical (unpaired) electrons. The van der Waals surface area contributed by atoms with E-state index < -0.39 is 0 Å². The molecule has 0 unspecified atom stereocenters. The Morgan fingerprint density at radius 2 is 1.87 bits per heavy atom. The first-order chi connectivity index (χ1) is 7.18.